The third kappa shape index (κ3) is 2.20. The minimum absolute atomic E-state index is 0.309. The lowest BCUT2D eigenvalue weighted by Crippen LogP contribution is -1.93. The molecule has 1 aromatic heterocycles. The maximum atomic E-state index is 10.2. The average Bonchev–Trinajstić information content (AvgIpc) is 3.09. The second-order valence-corrected chi connectivity index (χ2v) is 6.45. The van der Waals surface area contributed by atoms with Crippen molar-refractivity contribution in [3.05, 3.63) is 97.2 Å². The van der Waals surface area contributed by atoms with E-state index in [0.29, 0.717) is 5.75 Å². The zero-order chi connectivity index (χ0) is 17.5. The number of benzene rings is 4. The molecule has 124 valence electrons. The molecule has 0 fully saturated rings. The van der Waals surface area contributed by atoms with E-state index in [4.69, 9.17) is 0 Å². The van der Waals surface area contributed by atoms with Gasteiger partial charge in [0.05, 0.1) is 11.2 Å². The Labute approximate surface area is 151 Å². The van der Waals surface area contributed by atoms with E-state index in [1.807, 2.05) is 30.3 Å². The van der Waals surface area contributed by atoms with Gasteiger partial charge in [0.15, 0.2) is 0 Å². The molecule has 4 aromatic carbocycles. The predicted octanol–water partition coefficient (Wildman–Crippen LogP) is 6.16. The van der Waals surface area contributed by atoms with Gasteiger partial charge in [-0.25, -0.2) is 0 Å². The quantitative estimate of drug-likeness (QED) is 0.411. The van der Waals surface area contributed by atoms with Crippen LogP contribution in [0, 0.1) is 0 Å². The lowest BCUT2D eigenvalue weighted by atomic mass is 10.1. The first-order chi connectivity index (χ1) is 12.8. The van der Waals surface area contributed by atoms with Gasteiger partial charge >= 0.3 is 0 Å². The van der Waals surface area contributed by atoms with Crippen molar-refractivity contribution in [2.45, 2.75) is 0 Å². The molecule has 0 amide bonds. The van der Waals surface area contributed by atoms with Gasteiger partial charge in [0.25, 0.3) is 0 Å². The van der Waals surface area contributed by atoms with E-state index in [1.165, 1.54) is 16.5 Å². The van der Waals surface area contributed by atoms with Crippen molar-refractivity contribution in [3.63, 3.8) is 0 Å². The lowest BCUT2D eigenvalue weighted by Gasteiger charge is -2.10. The maximum Gasteiger partial charge on any atom is 0.123 e. The molecule has 26 heavy (non-hydrogen) atoms. The van der Waals surface area contributed by atoms with Crippen LogP contribution in [0.3, 0.4) is 0 Å². The van der Waals surface area contributed by atoms with Crippen LogP contribution in [0.25, 0.3) is 38.5 Å². The van der Waals surface area contributed by atoms with Gasteiger partial charge in [-0.2, -0.15) is 0 Å². The molecule has 2 nitrogen and oxygen atoms in total. The van der Waals surface area contributed by atoms with Crippen LogP contribution in [0.5, 0.6) is 5.75 Å². The van der Waals surface area contributed by atoms with E-state index in [9.17, 15) is 5.11 Å². The lowest BCUT2D eigenvalue weighted by molar-refractivity contribution is 0.481. The molecule has 5 rings (SSSR count). The van der Waals surface area contributed by atoms with Crippen LogP contribution >= 0.6 is 0 Å². The number of rotatable bonds is 2. The highest BCUT2D eigenvalue weighted by atomic mass is 16.3. The van der Waals surface area contributed by atoms with E-state index < -0.39 is 0 Å². The van der Waals surface area contributed by atoms with Gasteiger partial charge in [0.2, 0.25) is 0 Å². The summed E-state index contributed by atoms with van der Waals surface area (Å²) in [6.07, 6.45) is 2.19. The van der Waals surface area contributed by atoms with Crippen molar-refractivity contribution in [2.75, 3.05) is 0 Å². The third-order valence-corrected chi connectivity index (χ3v) is 4.93. The number of aromatic nitrogens is 1. The summed E-state index contributed by atoms with van der Waals surface area (Å²) in [7, 11) is 0. The van der Waals surface area contributed by atoms with Gasteiger partial charge in [-0.1, -0.05) is 72.8 Å². The second-order valence-electron chi connectivity index (χ2n) is 6.45. The first kappa shape index (κ1) is 14.8. The first-order valence-corrected chi connectivity index (χ1v) is 8.69. The summed E-state index contributed by atoms with van der Waals surface area (Å²) in [5.74, 6) is 0.309. The molecule has 0 radical (unpaired) electrons. The van der Waals surface area contributed by atoms with Crippen LogP contribution in [-0.2, 0) is 0 Å². The zero-order valence-electron chi connectivity index (χ0n) is 14.1. The Bertz CT molecular complexity index is 1240. The Morgan fingerprint density at radius 3 is 2.04 bits per heavy atom. The minimum Gasteiger partial charge on any atom is -0.507 e. The van der Waals surface area contributed by atoms with E-state index in [2.05, 4.69) is 65.4 Å². The van der Waals surface area contributed by atoms with Gasteiger partial charge in [-0.05, 0) is 23.8 Å². The van der Waals surface area contributed by atoms with Crippen LogP contribution in [-0.4, -0.2) is 9.67 Å². The monoisotopic (exact) mass is 335 g/mol. The summed E-state index contributed by atoms with van der Waals surface area (Å²) in [6.45, 7) is 0. The molecule has 2 heteroatoms. The Morgan fingerprint density at radius 2 is 1.23 bits per heavy atom. The standard InChI is InChI=1S/C24H17NO/c26-24-15-14-23(18-10-4-5-12-20(18)24)25-16-21(17-8-2-1-3-9-17)19-11-6-7-13-22(19)25/h1-16,26H. The molecule has 0 aliphatic rings. The number of nitrogens with zero attached hydrogens (tertiary/aromatic N) is 1. The molecular formula is C24H17NO. The van der Waals surface area contributed by atoms with Crippen molar-refractivity contribution in [2.24, 2.45) is 0 Å². The van der Waals surface area contributed by atoms with E-state index in [0.717, 1.165) is 22.0 Å². The number of phenols is 1. The van der Waals surface area contributed by atoms with E-state index in [-0.39, 0.29) is 0 Å². The van der Waals surface area contributed by atoms with Crippen LogP contribution in [0.4, 0.5) is 0 Å². The van der Waals surface area contributed by atoms with E-state index >= 15 is 0 Å². The molecule has 0 aliphatic carbocycles. The molecule has 1 heterocycles. The summed E-state index contributed by atoms with van der Waals surface area (Å²) < 4.78 is 2.22. The van der Waals surface area contributed by atoms with E-state index in [1.54, 1.807) is 6.07 Å². The van der Waals surface area contributed by atoms with Crippen molar-refractivity contribution < 1.29 is 5.11 Å². The van der Waals surface area contributed by atoms with Crippen LogP contribution in [0.15, 0.2) is 97.2 Å². The molecule has 0 atom stereocenters. The van der Waals surface area contributed by atoms with Gasteiger partial charge in [-0.3, -0.25) is 0 Å². The van der Waals surface area contributed by atoms with Crippen molar-refractivity contribution in [1.29, 1.82) is 0 Å². The predicted molar refractivity (Wildman–Crippen MR) is 108 cm³/mol. The number of para-hydroxylation sites is 1. The van der Waals surface area contributed by atoms with Crippen LogP contribution in [0.2, 0.25) is 0 Å². The molecule has 0 aliphatic heterocycles. The van der Waals surface area contributed by atoms with Crippen LogP contribution < -0.4 is 0 Å². The fourth-order valence-electron chi connectivity index (χ4n) is 3.70. The summed E-state index contributed by atoms with van der Waals surface area (Å²) in [6, 6.07) is 30.6. The summed E-state index contributed by atoms with van der Waals surface area (Å²) in [5, 5.41) is 13.3. The zero-order valence-corrected chi connectivity index (χ0v) is 14.1. The van der Waals surface area contributed by atoms with Crippen molar-refractivity contribution in [1.82, 2.24) is 4.57 Å². The summed E-state index contributed by atoms with van der Waals surface area (Å²) in [4.78, 5) is 0. The normalized spacial score (nSPS) is 11.2. The highest BCUT2D eigenvalue weighted by molar-refractivity contribution is 6.00. The fourth-order valence-corrected chi connectivity index (χ4v) is 3.70. The molecule has 0 saturated carbocycles. The number of fused-ring (bicyclic) bond motifs is 2. The summed E-state index contributed by atoms with van der Waals surface area (Å²) >= 11 is 0. The topological polar surface area (TPSA) is 25.2 Å². The van der Waals surface area contributed by atoms with Gasteiger partial charge in [0, 0.05) is 27.9 Å². The highest BCUT2D eigenvalue weighted by Gasteiger charge is 2.13. The SMILES string of the molecule is Oc1ccc(-n2cc(-c3ccccc3)c3ccccc32)c2ccccc12. The molecule has 0 spiro atoms. The number of phenolic OH excluding ortho intramolecular Hbond substituents is 1. The molecule has 0 bridgehead atoms. The molecule has 0 unspecified atom stereocenters. The van der Waals surface area contributed by atoms with Gasteiger partial charge in [0.1, 0.15) is 5.75 Å². The van der Waals surface area contributed by atoms with Gasteiger partial charge in [-0.15, -0.1) is 0 Å². The highest BCUT2D eigenvalue weighted by Crippen LogP contribution is 2.36. The molecule has 0 saturated heterocycles. The summed E-state index contributed by atoms with van der Waals surface area (Å²) in [5.41, 5.74) is 4.63. The Kier molecular flexibility index (Phi) is 3.29. The molecule has 1 N–H and O–H groups in total. The molecular weight excluding hydrogens is 318 g/mol. The minimum atomic E-state index is 0.309. The Morgan fingerprint density at radius 1 is 0.577 bits per heavy atom. The number of hydrogen-bond acceptors (Lipinski definition) is 1. The Balaban J connectivity index is 1.86. The maximum absolute atomic E-state index is 10.2. The van der Waals surface area contributed by atoms with Crippen molar-refractivity contribution >= 4 is 21.7 Å². The first-order valence-electron chi connectivity index (χ1n) is 8.69. The smallest absolute Gasteiger partial charge is 0.123 e. The molecule has 5 aromatic rings. The largest absolute Gasteiger partial charge is 0.507 e. The fraction of sp³-hybridized carbons (Fsp3) is 0. The number of aromatic hydroxyl groups is 1. The Hall–Kier alpha value is -3.52. The number of hydrogen-bond donors (Lipinski definition) is 1. The third-order valence-electron chi connectivity index (χ3n) is 4.93. The average molecular weight is 335 g/mol. The van der Waals surface area contributed by atoms with Crippen LogP contribution in [0.1, 0.15) is 0 Å². The van der Waals surface area contributed by atoms with Gasteiger partial charge < -0.3 is 9.67 Å². The van der Waals surface area contributed by atoms with Crippen molar-refractivity contribution in [3.8, 4) is 22.6 Å². The second kappa shape index (κ2) is 5.78.